The minimum Gasteiger partial charge on any atom is -0.463 e. The van der Waals surface area contributed by atoms with E-state index in [1.807, 2.05) is 28.8 Å². The molecule has 0 spiro atoms. The largest absolute Gasteiger partial charge is 0.463 e. The van der Waals surface area contributed by atoms with Crippen molar-refractivity contribution in [2.75, 3.05) is 18.8 Å². The molecule has 1 atom stereocenters. The van der Waals surface area contributed by atoms with Crippen LogP contribution in [-0.2, 0) is 0 Å². The summed E-state index contributed by atoms with van der Waals surface area (Å²) in [4.78, 5) is 14.8. The molecular weight excluding hydrogens is 346 g/mol. The molecule has 26 heavy (non-hydrogen) atoms. The first-order valence-corrected chi connectivity index (χ1v) is 9.83. The molecular formula is C20H21N3O2S. The van der Waals surface area contributed by atoms with E-state index in [2.05, 4.69) is 41.4 Å². The minimum absolute atomic E-state index is 0.0231. The van der Waals surface area contributed by atoms with Crippen LogP contribution in [0.25, 0.3) is 11.5 Å². The van der Waals surface area contributed by atoms with Crippen molar-refractivity contribution in [1.29, 1.82) is 0 Å². The van der Waals surface area contributed by atoms with Crippen molar-refractivity contribution in [1.82, 2.24) is 15.1 Å². The number of carbonyl (C=O) groups excluding carboxylic acids is 1. The van der Waals surface area contributed by atoms with Crippen LogP contribution in [0.3, 0.4) is 0 Å². The van der Waals surface area contributed by atoms with Crippen LogP contribution in [0, 0.1) is 6.92 Å². The molecule has 1 saturated heterocycles. The summed E-state index contributed by atoms with van der Waals surface area (Å²) in [6.45, 7) is 3.65. The highest BCUT2D eigenvalue weighted by Gasteiger charge is 2.25. The zero-order valence-corrected chi connectivity index (χ0v) is 15.5. The molecule has 1 aliphatic heterocycles. The summed E-state index contributed by atoms with van der Waals surface area (Å²) in [6.07, 6.45) is 2.56. The molecule has 4 rings (SSSR count). The Morgan fingerprint density at radius 1 is 1.27 bits per heavy atom. The smallest absolute Gasteiger partial charge is 0.274 e. The van der Waals surface area contributed by atoms with Crippen molar-refractivity contribution in [3.05, 3.63) is 65.5 Å². The number of rotatable bonds is 3. The highest BCUT2D eigenvalue weighted by Crippen LogP contribution is 2.36. The number of nitrogens with one attached hydrogen (secondary N) is 1. The van der Waals surface area contributed by atoms with Gasteiger partial charge < -0.3 is 9.32 Å². The lowest BCUT2D eigenvalue weighted by Crippen LogP contribution is -2.33. The molecule has 1 aliphatic rings. The molecule has 134 valence electrons. The molecule has 0 aliphatic carbocycles. The number of aromatic nitrogens is 2. The van der Waals surface area contributed by atoms with Gasteiger partial charge in [-0.3, -0.25) is 9.89 Å². The van der Waals surface area contributed by atoms with Crippen LogP contribution in [0.5, 0.6) is 0 Å². The molecule has 1 aromatic carbocycles. The Kier molecular flexibility index (Phi) is 4.84. The Morgan fingerprint density at radius 3 is 2.96 bits per heavy atom. The van der Waals surface area contributed by atoms with Gasteiger partial charge in [-0.15, -0.1) is 0 Å². The number of amides is 1. The second-order valence-corrected chi connectivity index (χ2v) is 7.75. The topological polar surface area (TPSA) is 62.1 Å². The molecule has 1 amide bonds. The number of thioether (sulfide) groups is 1. The van der Waals surface area contributed by atoms with E-state index >= 15 is 0 Å². The summed E-state index contributed by atoms with van der Waals surface area (Å²) >= 11 is 1.93. The quantitative estimate of drug-likeness (QED) is 0.750. The Labute approximate surface area is 156 Å². The normalized spacial score (nSPS) is 17.9. The van der Waals surface area contributed by atoms with E-state index in [-0.39, 0.29) is 5.91 Å². The van der Waals surface area contributed by atoms with Gasteiger partial charge in [-0.1, -0.05) is 24.3 Å². The lowest BCUT2D eigenvalue weighted by Gasteiger charge is -2.19. The lowest BCUT2D eigenvalue weighted by atomic mass is 10.0. The third-order valence-corrected chi connectivity index (χ3v) is 6.06. The van der Waals surface area contributed by atoms with E-state index in [0.717, 1.165) is 31.0 Å². The van der Waals surface area contributed by atoms with E-state index in [4.69, 9.17) is 4.42 Å². The maximum atomic E-state index is 12.8. The van der Waals surface area contributed by atoms with Crippen molar-refractivity contribution >= 4 is 17.7 Å². The number of H-pyrrole nitrogens is 1. The molecule has 5 nitrogen and oxygen atoms in total. The highest BCUT2D eigenvalue weighted by molar-refractivity contribution is 7.99. The van der Waals surface area contributed by atoms with Gasteiger partial charge in [0.15, 0.2) is 11.5 Å². The van der Waals surface area contributed by atoms with Crippen molar-refractivity contribution in [2.24, 2.45) is 0 Å². The monoisotopic (exact) mass is 367 g/mol. The molecule has 3 aromatic rings. The summed E-state index contributed by atoms with van der Waals surface area (Å²) in [5.41, 5.74) is 3.86. The number of hydrogen-bond donors (Lipinski definition) is 1. The number of nitrogens with zero attached hydrogens (tertiary/aromatic N) is 2. The van der Waals surface area contributed by atoms with Gasteiger partial charge in [-0.25, -0.2) is 0 Å². The predicted octanol–water partition coefficient (Wildman–Crippen LogP) is 4.30. The number of aryl methyl sites for hydroxylation is 1. The van der Waals surface area contributed by atoms with Crippen molar-refractivity contribution in [3.8, 4) is 11.5 Å². The SMILES string of the molecule is Cc1ccccc1C1CCN(C(=O)c2cc(-c3ccco3)[nH]n2)CCS1. The van der Waals surface area contributed by atoms with Crippen LogP contribution < -0.4 is 0 Å². The van der Waals surface area contributed by atoms with Gasteiger partial charge in [0.25, 0.3) is 5.91 Å². The summed E-state index contributed by atoms with van der Waals surface area (Å²) in [5, 5.41) is 7.51. The van der Waals surface area contributed by atoms with Crippen molar-refractivity contribution < 1.29 is 9.21 Å². The summed E-state index contributed by atoms with van der Waals surface area (Å²) < 4.78 is 5.35. The van der Waals surface area contributed by atoms with Crippen LogP contribution in [0.15, 0.2) is 53.1 Å². The first-order valence-electron chi connectivity index (χ1n) is 8.78. The van der Waals surface area contributed by atoms with Gasteiger partial charge in [0.2, 0.25) is 0 Å². The average Bonchev–Trinajstić information content (AvgIpc) is 3.29. The van der Waals surface area contributed by atoms with Gasteiger partial charge >= 0.3 is 0 Å². The van der Waals surface area contributed by atoms with Gasteiger partial charge in [0.1, 0.15) is 5.69 Å². The number of furan rings is 1. The number of carbonyl (C=O) groups is 1. The van der Waals surface area contributed by atoms with Gasteiger partial charge in [-0.05, 0) is 36.6 Å². The molecule has 1 fully saturated rings. The van der Waals surface area contributed by atoms with E-state index in [1.54, 1.807) is 12.3 Å². The fourth-order valence-electron chi connectivity index (χ4n) is 3.32. The molecule has 1 N–H and O–H groups in total. The van der Waals surface area contributed by atoms with E-state index < -0.39 is 0 Å². The second-order valence-electron chi connectivity index (χ2n) is 6.44. The number of aromatic amines is 1. The Balaban J connectivity index is 1.46. The number of benzene rings is 1. The molecule has 2 aromatic heterocycles. The summed E-state index contributed by atoms with van der Waals surface area (Å²) in [5.74, 6) is 1.59. The van der Waals surface area contributed by atoms with Crippen LogP contribution in [0.1, 0.15) is 33.3 Å². The van der Waals surface area contributed by atoms with E-state index in [0.29, 0.717) is 16.7 Å². The maximum absolute atomic E-state index is 12.8. The zero-order chi connectivity index (χ0) is 17.9. The van der Waals surface area contributed by atoms with Gasteiger partial charge in [0.05, 0.1) is 6.26 Å². The molecule has 6 heteroatoms. The lowest BCUT2D eigenvalue weighted by molar-refractivity contribution is 0.0760. The predicted molar refractivity (Wildman–Crippen MR) is 103 cm³/mol. The maximum Gasteiger partial charge on any atom is 0.274 e. The third kappa shape index (κ3) is 3.42. The van der Waals surface area contributed by atoms with Crippen LogP contribution >= 0.6 is 11.8 Å². The Hall–Kier alpha value is -2.47. The third-order valence-electron chi connectivity index (χ3n) is 4.75. The van der Waals surface area contributed by atoms with Crippen LogP contribution in [0.4, 0.5) is 0 Å². The first kappa shape index (κ1) is 17.0. The second kappa shape index (κ2) is 7.41. The van der Waals surface area contributed by atoms with E-state index in [1.165, 1.54) is 11.1 Å². The summed E-state index contributed by atoms with van der Waals surface area (Å²) in [7, 11) is 0. The zero-order valence-electron chi connectivity index (χ0n) is 14.6. The van der Waals surface area contributed by atoms with E-state index in [9.17, 15) is 4.79 Å². The highest BCUT2D eigenvalue weighted by atomic mass is 32.2. The van der Waals surface area contributed by atoms with Crippen LogP contribution in [0.2, 0.25) is 0 Å². The van der Waals surface area contributed by atoms with Gasteiger partial charge in [-0.2, -0.15) is 16.9 Å². The molecule has 0 radical (unpaired) electrons. The fraction of sp³-hybridized carbons (Fsp3) is 0.300. The standard InChI is InChI=1S/C20H21N3O2S/c1-14-5-2-3-6-15(14)19-8-9-23(10-12-26-19)20(24)17-13-16(21-22-17)18-7-4-11-25-18/h2-7,11,13,19H,8-10,12H2,1H3,(H,21,22). The molecule has 1 unspecified atom stereocenters. The van der Waals surface area contributed by atoms with Gasteiger partial charge in [0, 0.05) is 30.2 Å². The molecule has 3 heterocycles. The molecule has 0 bridgehead atoms. The van der Waals surface area contributed by atoms with Crippen molar-refractivity contribution in [2.45, 2.75) is 18.6 Å². The van der Waals surface area contributed by atoms with Crippen molar-refractivity contribution in [3.63, 3.8) is 0 Å². The minimum atomic E-state index is -0.0231. The fourth-order valence-corrected chi connectivity index (χ4v) is 4.65. The number of hydrogen-bond acceptors (Lipinski definition) is 4. The summed E-state index contributed by atoms with van der Waals surface area (Å²) in [6, 6.07) is 13.9. The Bertz CT molecular complexity index is 888. The molecule has 0 saturated carbocycles. The first-order chi connectivity index (χ1) is 12.7. The van der Waals surface area contributed by atoms with Crippen LogP contribution in [-0.4, -0.2) is 39.8 Å². The average molecular weight is 367 g/mol. The Morgan fingerprint density at radius 2 is 2.15 bits per heavy atom.